The quantitative estimate of drug-likeness (QED) is 0.452. The van der Waals surface area contributed by atoms with E-state index in [1.54, 1.807) is 0 Å². The van der Waals surface area contributed by atoms with Crippen molar-refractivity contribution < 1.29 is 9.22 Å². The first-order valence-corrected chi connectivity index (χ1v) is 5.68. The summed E-state index contributed by atoms with van der Waals surface area (Å²) in [5, 5.41) is 0. The molecule has 2 aromatic rings. The second kappa shape index (κ2) is 5.70. The highest BCUT2D eigenvalue weighted by Crippen LogP contribution is 2.31. The maximum Gasteiger partial charge on any atom is 0.0725 e. The highest BCUT2D eigenvalue weighted by Gasteiger charge is 2.05. The Kier molecular flexibility index (Phi) is 3.99. The van der Waals surface area contributed by atoms with Crippen LogP contribution in [0.15, 0.2) is 59.5 Å². The molecule has 3 heteroatoms. The monoisotopic (exact) mass is 232 g/mol. The van der Waals surface area contributed by atoms with Crippen molar-refractivity contribution in [3.63, 3.8) is 0 Å². The fourth-order valence-corrected chi connectivity index (χ4v) is 2.02. The SMILES string of the molecule is COOSc1ccccc1-c1ccccc1. The van der Waals surface area contributed by atoms with E-state index in [4.69, 9.17) is 4.33 Å². The van der Waals surface area contributed by atoms with Gasteiger partial charge in [-0.3, -0.25) is 0 Å². The molecule has 0 saturated carbocycles. The summed E-state index contributed by atoms with van der Waals surface area (Å²) in [7, 11) is 1.50. The van der Waals surface area contributed by atoms with Crippen LogP contribution < -0.4 is 0 Å². The van der Waals surface area contributed by atoms with Crippen molar-refractivity contribution in [2.24, 2.45) is 0 Å². The summed E-state index contributed by atoms with van der Waals surface area (Å²) in [6.45, 7) is 0. The van der Waals surface area contributed by atoms with E-state index >= 15 is 0 Å². The van der Waals surface area contributed by atoms with Crippen LogP contribution in [0.4, 0.5) is 0 Å². The molecule has 0 aliphatic heterocycles. The van der Waals surface area contributed by atoms with Crippen LogP contribution in [0, 0.1) is 0 Å². The van der Waals surface area contributed by atoms with E-state index in [-0.39, 0.29) is 0 Å². The first-order chi connectivity index (χ1) is 7.92. The van der Waals surface area contributed by atoms with Gasteiger partial charge < -0.3 is 0 Å². The Balaban J connectivity index is 2.33. The molecule has 0 fully saturated rings. The van der Waals surface area contributed by atoms with Crippen LogP contribution in [0.3, 0.4) is 0 Å². The molecular formula is C13H12O2S. The average Bonchev–Trinajstić information content (AvgIpc) is 2.38. The van der Waals surface area contributed by atoms with Crippen molar-refractivity contribution in [3.8, 4) is 11.1 Å². The van der Waals surface area contributed by atoms with Gasteiger partial charge in [-0.05, 0) is 17.2 Å². The summed E-state index contributed by atoms with van der Waals surface area (Å²) < 4.78 is 4.90. The number of hydrogen-bond acceptors (Lipinski definition) is 3. The van der Waals surface area contributed by atoms with Gasteiger partial charge in [-0.1, -0.05) is 48.5 Å². The van der Waals surface area contributed by atoms with Gasteiger partial charge in [-0.15, -0.1) is 0 Å². The molecule has 16 heavy (non-hydrogen) atoms. The van der Waals surface area contributed by atoms with Gasteiger partial charge >= 0.3 is 0 Å². The fourth-order valence-electron chi connectivity index (χ4n) is 1.47. The third-order valence-corrected chi connectivity index (χ3v) is 2.90. The minimum absolute atomic E-state index is 1.04. The van der Waals surface area contributed by atoms with Crippen molar-refractivity contribution in [2.45, 2.75) is 4.90 Å². The molecule has 0 unspecified atom stereocenters. The van der Waals surface area contributed by atoms with Gasteiger partial charge in [0.2, 0.25) is 0 Å². The van der Waals surface area contributed by atoms with Crippen LogP contribution in [0.25, 0.3) is 11.1 Å². The molecule has 0 heterocycles. The largest absolute Gasteiger partial charge is 0.227 e. The molecule has 2 rings (SSSR count). The van der Waals surface area contributed by atoms with Crippen molar-refractivity contribution >= 4 is 12.0 Å². The molecule has 0 aliphatic carbocycles. The molecule has 0 bridgehead atoms. The van der Waals surface area contributed by atoms with E-state index in [1.807, 2.05) is 36.4 Å². The average molecular weight is 232 g/mol. The molecule has 0 saturated heterocycles. The zero-order valence-electron chi connectivity index (χ0n) is 8.92. The minimum atomic E-state index is 1.04. The molecule has 2 aromatic carbocycles. The Hall–Kier alpha value is -1.29. The number of benzene rings is 2. The lowest BCUT2D eigenvalue weighted by molar-refractivity contribution is -0.160. The first-order valence-electron chi connectivity index (χ1n) is 4.93. The molecule has 0 aliphatic rings. The lowest BCUT2D eigenvalue weighted by atomic mass is 10.1. The standard InChI is InChI=1S/C13H12O2S/c1-14-15-16-13-10-6-5-9-12(13)11-7-3-2-4-8-11/h2-10H,1H3. The summed E-state index contributed by atoms with van der Waals surface area (Å²) in [5.74, 6) is 0. The van der Waals surface area contributed by atoms with E-state index in [1.165, 1.54) is 24.7 Å². The van der Waals surface area contributed by atoms with E-state index in [0.29, 0.717) is 0 Å². The molecule has 0 N–H and O–H groups in total. The highest BCUT2D eigenvalue weighted by atomic mass is 32.2. The highest BCUT2D eigenvalue weighted by molar-refractivity contribution is 7.94. The van der Waals surface area contributed by atoms with Gasteiger partial charge in [-0.2, -0.15) is 4.33 Å². The van der Waals surface area contributed by atoms with Crippen LogP contribution in [-0.4, -0.2) is 7.11 Å². The Morgan fingerprint density at radius 1 is 0.875 bits per heavy atom. The lowest BCUT2D eigenvalue weighted by Gasteiger charge is -2.07. The van der Waals surface area contributed by atoms with Crippen LogP contribution in [-0.2, 0) is 9.22 Å². The van der Waals surface area contributed by atoms with Crippen molar-refractivity contribution in [3.05, 3.63) is 54.6 Å². The second-order valence-corrected chi connectivity index (χ2v) is 3.92. The number of rotatable bonds is 4. The minimum Gasteiger partial charge on any atom is -0.227 e. The summed E-state index contributed by atoms with van der Waals surface area (Å²) in [6, 6.07) is 18.3. The Morgan fingerprint density at radius 3 is 2.31 bits per heavy atom. The summed E-state index contributed by atoms with van der Waals surface area (Å²) in [5.41, 5.74) is 2.32. The van der Waals surface area contributed by atoms with Crippen molar-refractivity contribution in [1.82, 2.24) is 0 Å². The normalized spacial score (nSPS) is 10.3. The van der Waals surface area contributed by atoms with Gasteiger partial charge in [0.05, 0.1) is 19.2 Å². The Bertz CT molecular complexity index is 443. The molecular weight excluding hydrogens is 220 g/mol. The van der Waals surface area contributed by atoms with Crippen molar-refractivity contribution in [1.29, 1.82) is 0 Å². The second-order valence-electron chi connectivity index (χ2n) is 3.18. The molecule has 82 valence electrons. The summed E-state index contributed by atoms with van der Waals surface area (Å²) >= 11 is 1.22. The van der Waals surface area contributed by atoms with E-state index in [0.717, 1.165) is 10.5 Å². The van der Waals surface area contributed by atoms with Gasteiger partial charge in [0.25, 0.3) is 0 Å². The predicted molar refractivity (Wildman–Crippen MR) is 65.8 cm³/mol. The maximum atomic E-state index is 4.90. The summed E-state index contributed by atoms with van der Waals surface area (Å²) in [6.07, 6.45) is 0. The van der Waals surface area contributed by atoms with Gasteiger partial charge in [0.15, 0.2) is 0 Å². The van der Waals surface area contributed by atoms with Crippen LogP contribution >= 0.6 is 12.0 Å². The topological polar surface area (TPSA) is 18.5 Å². The fraction of sp³-hybridized carbons (Fsp3) is 0.0769. The Morgan fingerprint density at radius 2 is 1.56 bits per heavy atom. The lowest BCUT2D eigenvalue weighted by Crippen LogP contribution is -1.83. The molecule has 0 radical (unpaired) electrons. The van der Waals surface area contributed by atoms with Crippen LogP contribution in [0.5, 0.6) is 0 Å². The van der Waals surface area contributed by atoms with E-state index in [9.17, 15) is 0 Å². The third-order valence-electron chi connectivity index (χ3n) is 2.16. The molecule has 0 amide bonds. The Labute approximate surface area is 99.3 Å². The summed E-state index contributed by atoms with van der Waals surface area (Å²) in [4.78, 5) is 5.64. The number of hydrogen-bond donors (Lipinski definition) is 0. The van der Waals surface area contributed by atoms with Crippen LogP contribution in [0.1, 0.15) is 0 Å². The first kappa shape index (κ1) is 11.2. The zero-order valence-corrected chi connectivity index (χ0v) is 9.74. The van der Waals surface area contributed by atoms with Gasteiger partial charge in [0, 0.05) is 4.90 Å². The van der Waals surface area contributed by atoms with Crippen molar-refractivity contribution in [2.75, 3.05) is 7.11 Å². The molecule has 0 spiro atoms. The van der Waals surface area contributed by atoms with Gasteiger partial charge in [-0.25, -0.2) is 4.89 Å². The van der Waals surface area contributed by atoms with Gasteiger partial charge in [0.1, 0.15) is 0 Å². The van der Waals surface area contributed by atoms with Crippen LogP contribution in [0.2, 0.25) is 0 Å². The third kappa shape index (κ3) is 2.64. The molecule has 0 aromatic heterocycles. The maximum absolute atomic E-state index is 4.90. The van der Waals surface area contributed by atoms with E-state index < -0.39 is 0 Å². The predicted octanol–water partition coefficient (Wildman–Crippen LogP) is 3.94. The smallest absolute Gasteiger partial charge is 0.0725 e. The molecule has 0 atom stereocenters. The zero-order chi connectivity index (χ0) is 11.2. The van der Waals surface area contributed by atoms with E-state index in [2.05, 4.69) is 23.1 Å². The molecule has 2 nitrogen and oxygen atoms in total.